The lowest BCUT2D eigenvalue weighted by Gasteiger charge is -2.38. The number of carbonyl (C=O) groups is 1. The van der Waals surface area contributed by atoms with E-state index in [-0.39, 0.29) is 24.6 Å². The number of aliphatic hydroxyl groups is 1. The standard InChI is InChI=1S/C16H23BrN2O2/c1-12-6-8-16(11-20,9-7-12)18-10-15(21)19-14-5-3-2-4-13(14)17/h2-5,12,18,20H,6-11H2,1H3,(H,19,21). The number of benzene rings is 1. The summed E-state index contributed by atoms with van der Waals surface area (Å²) in [4.78, 5) is 12.1. The first-order valence-electron chi connectivity index (χ1n) is 7.45. The maximum atomic E-state index is 12.1. The quantitative estimate of drug-likeness (QED) is 0.761. The van der Waals surface area contributed by atoms with Crippen LogP contribution in [0.1, 0.15) is 32.6 Å². The van der Waals surface area contributed by atoms with Crippen LogP contribution in [0.3, 0.4) is 0 Å². The molecule has 0 aromatic heterocycles. The summed E-state index contributed by atoms with van der Waals surface area (Å²) in [5.74, 6) is 0.619. The fraction of sp³-hybridized carbons (Fsp3) is 0.562. The van der Waals surface area contributed by atoms with Gasteiger partial charge in [-0.1, -0.05) is 19.1 Å². The maximum absolute atomic E-state index is 12.1. The summed E-state index contributed by atoms with van der Waals surface area (Å²) >= 11 is 3.41. The second-order valence-corrected chi connectivity index (χ2v) is 6.86. The van der Waals surface area contributed by atoms with Crippen LogP contribution in [0.15, 0.2) is 28.7 Å². The zero-order chi connectivity index (χ0) is 15.3. The average Bonchev–Trinajstić information content (AvgIpc) is 2.50. The summed E-state index contributed by atoms with van der Waals surface area (Å²) in [6.45, 7) is 2.54. The Labute approximate surface area is 134 Å². The summed E-state index contributed by atoms with van der Waals surface area (Å²) in [7, 11) is 0. The van der Waals surface area contributed by atoms with Gasteiger partial charge in [-0.05, 0) is 59.7 Å². The molecule has 116 valence electrons. The summed E-state index contributed by atoms with van der Waals surface area (Å²) < 4.78 is 0.863. The monoisotopic (exact) mass is 354 g/mol. The lowest BCUT2D eigenvalue weighted by atomic mass is 9.77. The molecular formula is C16H23BrN2O2. The molecular weight excluding hydrogens is 332 g/mol. The summed E-state index contributed by atoms with van der Waals surface area (Å²) in [5.41, 5.74) is 0.470. The van der Waals surface area contributed by atoms with Crippen LogP contribution in [-0.2, 0) is 4.79 Å². The predicted molar refractivity (Wildman–Crippen MR) is 88.2 cm³/mol. The Morgan fingerprint density at radius 3 is 2.67 bits per heavy atom. The third-order valence-corrected chi connectivity index (χ3v) is 5.00. The molecule has 1 aliphatic rings. The molecule has 1 aliphatic carbocycles. The predicted octanol–water partition coefficient (Wildman–Crippen LogP) is 2.92. The van der Waals surface area contributed by atoms with E-state index in [0.29, 0.717) is 5.92 Å². The van der Waals surface area contributed by atoms with Gasteiger partial charge in [-0.25, -0.2) is 0 Å². The van der Waals surface area contributed by atoms with Gasteiger partial charge in [0.1, 0.15) is 0 Å². The number of hydrogen-bond acceptors (Lipinski definition) is 3. The molecule has 21 heavy (non-hydrogen) atoms. The van der Waals surface area contributed by atoms with Crippen molar-refractivity contribution in [2.45, 2.75) is 38.1 Å². The van der Waals surface area contributed by atoms with Gasteiger partial charge >= 0.3 is 0 Å². The van der Waals surface area contributed by atoms with Crippen LogP contribution >= 0.6 is 15.9 Å². The molecule has 0 spiro atoms. The van der Waals surface area contributed by atoms with E-state index in [9.17, 15) is 9.90 Å². The number of aliphatic hydroxyl groups excluding tert-OH is 1. The Kier molecular flexibility index (Phi) is 5.79. The van der Waals surface area contributed by atoms with Crippen LogP contribution in [0, 0.1) is 5.92 Å². The van der Waals surface area contributed by atoms with E-state index >= 15 is 0 Å². The molecule has 3 N–H and O–H groups in total. The number of rotatable bonds is 5. The molecule has 0 bridgehead atoms. The molecule has 0 atom stereocenters. The van der Waals surface area contributed by atoms with Crippen LogP contribution < -0.4 is 10.6 Å². The van der Waals surface area contributed by atoms with E-state index in [0.717, 1.165) is 35.8 Å². The largest absolute Gasteiger partial charge is 0.394 e. The van der Waals surface area contributed by atoms with Crippen molar-refractivity contribution < 1.29 is 9.90 Å². The number of anilines is 1. The molecule has 1 saturated carbocycles. The third-order valence-electron chi connectivity index (χ3n) is 4.31. The van der Waals surface area contributed by atoms with Crippen molar-refractivity contribution in [3.8, 4) is 0 Å². The molecule has 2 rings (SSSR count). The number of nitrogens with one attached hydrogen (secondary N) is 2. The lowest BCUT2D eigenvalue weighted by molar-refractivity contribution is -0.116. The van der Waals surface area contributed by atoms with Gasteiger partial charge < -0.3 is 15.7 Å². The van der Waals surface area contributed by atoms with Gasteiger partial charge in [0.05, 0.1) is 18.8 Å². The zero-order valence-corrected chi connectivity index (χ0v) is 13.9. The molecule has 1 aromatic carbocycles. The van der Waals surface area contributed by atoms with E-state index in [4.69, 9.17) is 0 Å². The highest BCUT2D eigenvalue weighted by atomic mass is 79.9. The van der Waals surface area contributed by atoms with Crippen molar-refractivity contribution in [3.63, 3.8) is 0 Å². The Morgan fingerprint density at radius 1 is 1.38 bits per heavy atom. The molecule has 0 unspecified atom stereocenters. The SMILES string of the molecule is CC1CCC(CO)(NCC(=O)Nc2ccccc2Br)CC1. The van der Waals surface area contributed by atoms with Crippen molar-refractivity contribution in [1.82, 2.24) is 5.32 Å². The molecule has 1 fully saturated rings. The van der Waals surface area contributed by atoms with Crippen LogP contribution in [0.4, 0.5) is 5.69 Å². The third kappa shape index (κ3) is 4.53. The Balaban J connectivity index is 1.87. The number of carbonyl (C=O) groups excluding carboxylic acids is 1. The van der Waals surface area contributed by atoms with Crippen molar-refractivity contribution in [2.24, 2.45) is 5.92 Å². The van der Waals surface area contributed by atoms with Crippen LogP contribution in [0.2, 0.25) is 0 Å². The van der Waals surface area contributed by atoms with E-state index in [2.05, 4.69) is 33.5 Å². The highest BCUT2D eigenvalue weighted by molar-refractivity contribution is 9.10. The molecule has 0 radical (unpaired) electrons. The minimum absolute atomic E-state index is 0.0853. The van der Waals surface area contributed by atoms with E-state index < -0.39 is 0 Å². The van der Waals surface area contributed by atoms with Gasteiger partial charge in [0.25, 0.3) is 0 Å². The van der Waals surface area contributed by atoms with Crippen LogP contribution in [-0.4, -0.2) is 29.7 Å². The molecule has 4 nitrogen and oxygen atoms in total. The Bertz CT molecular complexity index is 485. The molecule has 5 heteroatoms. The normalized spacial score (nSPS) is 25.6. The summed E-state index contributed by atoms with van der Waals surface area (Å²) in [5, 5.41) is 15.8. The van der Waals surface area contributed by atoms with Gasteiger partial charge in [0, 0.05) is 10.0 Å². The highest BCUT2D eigenvalue weighted by Crippen LogP contribution is 2.31. The summed E-state index contributed by atoms with van der Waals surface area (Å²) in [6.07, 6.45) is 4.04. The van der Waals surface area contributed by atoms with Crippen LogP contribution in [0.25, 0.3) is 0 Å². The first-order valence-corrected chi connectivity index (χ1v) is 8.24. The first kappa shape index (κ1) is 16.5. The van der Waals surface area contributed by atoms with Gasteiger partial charge in [-0.3, -0.25) is 4.79 Å². The smallest absolute Gasteiger partial charge is 0.238 e. The average molecular weight is 355 g/mol. The van der Waals surface area contributed by atoms with Gasteiger partial charge in [-0.2, -0.15) is 0 Å². The second-order valence-electron chi connectivity index (χ2n) is 6.00. The zero-order valence-electron chi connectivity index (χ0n) is 12.4. The Morgan fingerprint density at radius 2 is 2.05 bits per heavy atom. The highest BCUT2D eigenvalue weighted by Gasteiger charge is 2.33. The van der Waals surface area contributed by atoms with E-state index in [1.807, 2.05) is 24.3 Å². The lowest BCUT2D eigenvalue weighted by Crippen LogP contribution is -2.53. The van der Waals surface area contributed by atoms with Gasteiger partial charge in [0.15, 0.2) is 0 Å². The van der Waals surface area contributed by atoms with Crippen LogP contribution in [0.5, 0.6) is 0 Å². The number of hydrogen-bond donors (Lipinski definition) is 3. The number of para-hydroxylation sites is 1. The number of amides is 1. The topological polar surface area (TPSA) is 61.4 Å². The minimum Gasteiger partial charge on any atom is -0.394 e. The van der Waals surface area contributed by atoms with E-state index in [1.54, 1.807) is 0 Å². The minimum atomic E-state index is -0.294. The molecule has 0 heterocycles. The number of halogens is 1. The van der Waals surface area contributed by atoms with Crippen molar-refractivity contribution >= 4 is 27.5 Å². The van der Waals surface area contributed by atoms with Crippen molar-refractivity contribution in [1.29, 1.82) is 0 Å². The van der Waals surface area contributed by atoms with Crippen molar-refractivity contribution in [2.75, 3.05) is 18.5 Å². The molecule has 1 amide bonds. The molecule has 0 aliphatic heterocycles. The summed E-state index contributed by atoms with van der Waals surface area (Å²) in [6, 6.07) is 7.53. The van der Waals surface area contributed by atoms with Crippen molar-refractivity contribution in [3.05, 3.63) is 28.7 Å². The molecule has 1 aromatic rings. The van der Waals surface area contributed by atoms with E-state index in [1.165, 1.54) is 0 Å². The second kappa shape index (κ2) is 7.38. The fourth-order valence-corrected chi connectivity index (χ4v) is 3.11. The van der Waals surface area contributed by atoms with Gasteiger partial charge in [-0.15, -0.1) is 0 Å². The van der Waals surface area contributed by atoms with Gasteiger partial charge in [0.2, 0.25) is 5.91 Å². The molecule has 0 saturated heterocycles. The maximum Gasteiger partial charge on any atom is 0.238 e. The fourth-order valence-electron chi connectivity index (χ4n) is 2.73. The first-order chi connectivity index (χ1) is 10.0. The Hall–Kier alpha value is -0.910.